The molecule has 0 amide bonds. The van der Waals surface area contributed by atoms with Crippen molar-refractivity contribution in [3.63, 3.8) is 0 Å². The summed E-state index contributed by atoms with van der Waals surface area (Å²) in [5.74, 6) is -1.25. The highest BCUT2D eigenvalue weighted by Crippen LogP contribution is 2.23. The molecule has 0 bridgehead atoms. The number of benzene rings is 2. The first-order valence-electron chi connectivity index (χ1n) is 6.95. The van der Waals surface area contributed by atoms with Gasteiger partial charge in [0.1, 0.15) is 5.75 Å². The quantitative estimate of drug-likeness (QED) is 0.879. The van der Waals surface area contributed by atoms with Crippen LogP contribution in [0, 0.1) is 18.6 Å². The number of ether oxygens (including phenoxy) is 1. The average molecular weight is 291 g/mol. The largest absolute Gasteiger partial charge is 0.493 e. The molecular weight excluding hydrogens is 272 g/mol. The van der Waals surface area contributed by atoms with E-state index >= 15 is 0 Å². The van der Waals surface area contributed by atoms with Crippen LogP contribution in [0.4, 0.5) is 8.78 Å². The molecule has 1 unspecified atom stereocenters. The van der Waals surface area contributed by atoms with Crippen LogP contribution in [0.2, 0.25) is 0 Å². The van der Waals surface area contributed by atoms with Crippen molar-refractivity contribution < 1.29 is 13.5 Å². The van der Waals surface area contributed by atoms with Gasteiger partial charge < -0.3 is 10.5 Å². The summed E-state index contributed by atoms with van der Waals surface area (Å²) < 4.78 is 31.4. The molecule has 0 radical (unpaired) electrons. The smallest absolute Gasteiger partial charge is 0.162 e. The third-order valence-corrected chi connectivity index (χ3v) is 3.54. The minimum absolute atomic E-state index is 0.191. The molecule has 0 spiro atoms. The highest BCUT2D eigenvalue weighted by molar-refractivity contribution is 5.29. The Labute approximate surface area is 123 Å². The molecule has 112 valence electrons. The molecule has 2 aromatic carbocycles. The zero-order chi connectivity index (χ0) is 15.2. The Kier molecular flexibility index (Phi) is 5.28. The van der Waals surface area contributed by atoms with Gasteiger partial charge in [0.2, 0.25) is 0 Å². The molecule has 1 atom stereocenters. The fraction of sp³-hybridized carbons (Fsp3) is 0.294. The Morgan fingerprint density at radius 1 is 1.10 bits per heavy atom. The highest BCUT2D eigenvalue weighted by atomic mass is 19.2. The lowest BCUT2D eigenvalue weighted by Crippen LogP contribution is -2.16. The van der Waals surface area contributed by atoms with Gasteiger partial charge in [0.05, 0.1) is 6.61 Å². The molecule has 2 rings (SSSR count). The topological polar surface area (TPSA) is 35.2 Å². The fourth-order valence-electron chi connectivity index (χ4n) is 2.33. The van der Waals surface area contributed by atoms with Crippen LogP contribution in [-0.2, 0) is 0 Å². The Bertz CT molecular complexity index is 601. The average Bonchev–Trinajstić information content (AvgIpc) is 2.48. The fourth-order valence-corrected chi connectivity index (χ4v) is 2.33. The van der Waals surface area contributed by atoms with E-state index in [0.717, 1.165) is 18.6 Å². The van der Waals surface area contributed by atoms with Gasteiger partial charge in [-0.2, -0.15) is 0 Å². The second kappa shape index (κ2) is 7.18. The second-order valence-electron chi connectivity index (χ2n) is 5.00. The molecule has 0 saturated heterocycles. The Morgan fingerprint density at radius 3 is 2.52 bits per heavy atom. The standard InChI is InChI=1S/C17H19F2NO/c1-12-4-2-3-5-15(12)13(11-20)8-9-21-14-6-7-16(18)17(19)10-14/h2-7,10,13H,8-9,11,20H2,1H3. The summed E-state index contributed by atoms with van der Waals surface area (Å²) in [4.78, 5) is 0. The van der Waals surface area contributed by atoms with E-state index in [2.05, 4.69) is 6.07 Å². The molecule has 0 fully saturated rings. The summed E-state index contributed by atoms with van der Waals surface area (Å²) in [7, 11) is 0. The maximum absolute atomic E-state index is 13.1. The molecule has 0 saturated carbocycles. The number of nitrogens with two attached hydrogens (primary N) is 1. The van der Waals surface area contributed by atoms with Crippen LogP contribution in [0.3, 0.4) is 0 Å². The van der Waals surface area contributed by atoms with Gasteiger partial charge >= 0.3 is 0 Å². The first kappa shape index (κ1) is 15.4. The molecular formula is C17H19F2NO. The zero-order valence-corrected chi connectivity index (χ0v) is 12.0. The molecule has 0 aliphatic heterocycles. The van der Waals surface area contributed by atoms with E-state index < -0.39 is 11.6 Å². The monoisotopic (exact) mass is 291 g/mol. The van der Waals surface area contributed by atoms with Crippen molar-refractivity contribution in [1.29, 1.82) is 0 Å². The van der Waals surface area contributed by atoms with Gasteiger partial charge in [-0.15, -0.1) is 0 Å². The highest BCUT2D eigenvalue weighted by Gasteiger charge is 2.12. The molecule has 0 aliphatic carbocycles. The lowest BCUT2D eigenvalue weighted by atomic mass is 9.92. The maximum Gasteiger partial charge on any atom is 0.162 e. The first-order valence-corrected chi connectivity index (χ1v) is 6.95. The van der Waals surface area contributed by atoms with Crippen molar-refractivity contribution in [2.45, 2.75) is 19.3 Å². The molecule has 0 aliphatic rings. The van der Waals surface area contributed by atoms with Crippen LogP contribution in [0.25, 0.3) is 0 Å². The van der Waals surface area contributed by atoms with Crippen molar-refractivity contribution in [3.8, 4) is 5.75 Å². The van der Waals surface area contributed by atoms with Crippen LogP contribution in [0.15, 0.2) is 42.5 Å². The van der Waals surface area contributed by atoms with Crippen molar-refractivity contribution in [2.75, 3.05) is 13.2 Å². The Balaban J connectivity index is 1.95. The molecule has 2 N–H and O–H groups in total. The Morgan fingerprint density at radius 2 is 1.86 bits per heavy atom. The summed E-state index contributed by atoms with van der Waals surface area (Å²) in [5, 5.41) is 0. The number of hydrogen-bond donors (Lipinski definition) is 1. The zero-order valence-electron chi connectivity index (χ0n) is 12.0. The molecule has 0 heterocycles. The van der Waals surface area contributed by atoms with Gasteiger partial charge in [-0.25, -0.2) is 8.78 Å². The maximum atomic E-state index is 13.1. The summed E-state index contributed by atoms with van der Waals surface area (Å²) in [6.07, 6.45) is 0.723. The number of hydrogen-bond acceptors (Lipinski definition) is 2. The minimum Gasteiger partial charge on any atom is -0.493 e. The van der Waals surface area contributed by atoms with E-state index in [9.17, 15) is 8.78 Å². The van der Waals surface area contributed by atoms with Gasteiger partial charge in [0.25, 0.3) is 0 Å². The van der Waals surface area contributed by atoms with E-state index in [-0.39, 0.29) is 5.92 Å². The van der Waals surface area contributed by atoms with E-state index in [4.69, 9.17) is 10.5 Å². The first-order chi connectivity index (χ1) is 10.1. The predicted octanol–water partition coefficient (Wildman–Crippen LogP) is 3.78. The van der Waals surface area contributed by atoms with Crippen molar-refractivity contribution >= 4 is 0 Å². The van der Waals surface area contributed by atoms with Crippen molar-refractivity contribution in [2.24, 2.45) is 5.73 Å². The van der Waals surface area contributed by atoms with Gasteiger partial charge in [0, 0.05) is 6.07 Å². The summed E-state index contributed by atoms with van der Waals surface area (Å²) in [5.41, 5.74) is 8.23. The summed E-state index contributed by atoms with van der Waals surface area (Å²) >= 11 is 0. The molecule has 2 aromatic rings. The number of aryl methyl sites for hydroxylation is 1. The lowest BCUT2D eigenvalue weighted by molar-refractivity contribution is 0.296. The van der Waals surface area contributed by atoms with E-state index in [0.29, 0.717) is 18.9 Å². The number of halogens is 2. The van der Waals surface area contributed by atoms with E-state index in [1.165, 1.54) is 17.2 Å². The van der Waals surface area contributed by atoms with Crippen LogP contribution in [-0.4, -0.2) is 13.2 Å². The molecule has 4 heteroatoms. The van der Waals surface area contributed by atoms with E-state index in [1.807, 2.05) is 25.1 Å². The third kappa shape index (κ3) is 4.02. The van der Waals surface area contributed by atoms with Crippen LogP contribution in [0.5, 0.6) is 5.75 Å². The molecule has 0 aromatic heterocycles. The van der Waals surface area contributed by atoms with Crippen molar-refractivity contribution in [3.05, 3.63) is 65.2 Å². The second-order valence-corrected chi connectivity index (χ2v) is 5.00. The lowest BCUT2D eigenvalue weighted by Gasteiger charge is -2.18. The van der Waals surface area contributed by atoms with Gasteiger partial charge in [-0.1, -0.05) is 24.3 Å². The summed E-state index contributed by atoms with van der Waals surface area (Å²) in [6.45, 7) is 2.97. The van der Waals surface area contributed by atoms with Crippen LogP contribution < -0.4 is 10.5 Å². The minimum atomic E-state index is -0.901. The van der Waals surface area contributed by atoms with Gasteiger partial charge in [-0.05, 0) is 49.1 Å². The Hall–Kier alpha value is -1.94. The van der Waals surface area contributed by atoms with Crippen molar-refractivity contribution in [1.82, 2.24) is 0 Å². The van der Waals surface area contributed by atoms with E-state index in [1.54, 1.807) is 0 Å². The molecule has 2 nitrogen and oxygen atoms in total. The van der Waals surface area contributed by atoms with Crippen LogP contribution >= 0.6 is 0 Å². The molecule has 21 heavy (non-hydrogen) atoms. The summed E-state index contributed by atoms with van der Waals surface area (Å²) in [6, 6.07) is 11.6. The SMILES string of the molecule is Cc1ccccc1C(CN)CCOc1ccc(F)c(F)c1. The third-order valence-electron chi connectivity index (χ3n) is 3.54. The number of rotatable bonds is 6. The normalized spacial score (nSPS) is 12.2. The van der Waals surface area contributed by atoms with Crippen LogP contribution in [0.1, 0.15) is 23.5 Å². The predicted molar refractivity (Wildman–Crippen MR) is 79.4 cm³/mol. The van der Waals surface area contributed by atoms with Gasteiger partial charge in [0.15, 0.2) is 11.6 Å². The van der Waals surface area contributed by atoms with Gasteiger partial charge in [-0.3, -0.25) is 0 Å².